The smallest absolute Gasteiger partial charge is 0.221 e. The number of amides is 1. The van der Waals surface area contributed by atoms with Crippen LogP contribution in [-0.4, -0.2) is 47.6 Å². The van der Waals surface area contributed by atoms with Crippen molar-refractivity contribution in [2.75, 3.05) is 6.54 Å². The molecule has 10 heteroatoms. The number of aromatic nitrogens is 7. The van der Waals surface area contributed by atoms with Gasteiger partial charge in [0, 0.05) is 37.2 Å². The van der Waals surface area contributed by atoms with E-state index in [0.717, 1.165) is 16.4 Å². The molecule has 1 amide bonds. The number of tetrazole rings is 1. The SMILES string of the molecule is Cc1nnnn1CCC(=O)NCCc1csc(-c2cnccn2)n1. The molecule has 124 valence electrons. The molecule has 24 heavy (non-hydrogen) atoms. The first-order valence-corrected chi connectivity index (χ1v) is 8.30. The van der Waals surface area contributed by atoms with Crippen LogP contribution in [0.25, 0.3) is 10.7 Å². The van der Waals surface area contributed by atoms with E-state index in [-0.39, 0.29) is 5.91 Å². The fourth-order valence-corrected chi connectivity index (χ4v) is 2.85. The Bertz CT molecular complexity index is 800. The zero-order valence-corrected chi connectivity index (χ0v) is 13.9. The summed E-state index contributed by atoms with van der Waals surface area (Å²) in [4.78, 5) is 24.6. The van der Waals surface area contributed by atoms with Gasteiger partial charge in [-0.2, -0.15) is 0 Å². The molecule has 0 atom stereocenters. The van der Waals surface area contributed by atoms with Crippen LogP contribution in [0.15, 0.2) is 24.0 Å². The molecule has 9 nitrogen and oxygen atoms in total. The zero-order valence-electron chi connectivity index (χ0n) is 13.1. The molecule has 1 N–H and O–H groups in total. The second-order valence-electron chi connectivity index (χ2n) is 5.03. The van der Waals surface area contributed by atoms with E-state index in [0.29, 0.717) is 31.8 Å². The van der Waals surface area contributed by atoms with Gasteiger partial charge in [-0.25, -0.2) is 9.67 Å². The molecule has 0 aliphatic heterocycles. The Balaban J connectivity index is 1.42. The summed E-state index contributed by atoms with van der Waals surface area (Å²) in [6, 6.07) is 0. The predicted octanol–water partition coefficient (Wildman–Crippen LogP) is 0.644. The van der Waals surface area contributed by atoms with Crippen LogP contribution >= 0.6 is 11.3 Å². The summed E-state index contributed by atoms with van der Waals surface area (Å²) in [5.41, 5.74) is 1.69. The first kappa shape index (κ1) is 16.1. The molecule has 0 aliphatic carbocycles. The summed E-state index contributed by atoms with van der Waals surface area (Å²) >= 11 is 1.52. The second kappa shape index (κ2) is 7.68. The van der Waals surface area contributed by atoms with Crippen molar-refractivity contribution in [1.29, 1.82) is 0 Å². The largest absolute Gasteiger partial charge is 0.356 e. The van der Waals surface area contributed by atoms with Crippen LogP contribution in [0.3, 0.4) is 0 Å². The lowest BCUT2D eigenvalue weighted by Gasteiger charge is -2.04. The number of carbonyl (C=O) groups excluding carboxylic acids is 1. The molecular formula is C14H16N8OS. The maximum Gasteiger partial charge on any atom is 0.221 e. The van der Waals surface area contributed by atoms with Gasteiger partial charge in [-0.3, -0.25) is 14.8 Å². The second-order valence-corrected chi connectivity index (χ2v) is 5.89. The van der Waals surface area contributed by atoms with Crippen LogP contribution in [0.1, 0.15) is 17.9 Å². The van der Waals surface area contributed by atoms with Gasteiger partial charge in [0.1, 0.15) is 16.5 Å². The molecule has 0 radical (unpaired) electrons. The number of hydrogen-bond acceptors (Lipinski definition) is 8. The van der Waals surface area contributed by atoms with Gasteiger partial charge in [-0.1, -0.05) is 0 Å². The van der Waals surface area contributed by atoms with E-state index in [1.807, 2.05) is 5.38 Å². The molecule has 0 saturated heterocycles. The van der Waals surface area contributed by atoms with E-state index in [9.17, 15) is 4.79 Å². The van der Waals surface area contributed by atoms with Gasteiger partial charge < -0.3 is 5.32 Å². The Labute approximate surface area is 142 Å². The van der Waals surface area contributed by atoms with Crippen molar-refractivity contribution in [1.82, 2.24) is 40.5 Å². The minimum atomic E-state index is -0.0331. The number of nitrogens with zero attached hydrogens (tertiary/aromatic N) is 7. The van der Waals surface area contributed by atoms with E-state index < -0.39 is 0 Å². The normalized spacial score (nSPS) is 10.7. The topological polar surface area (TPSA) is 111 Å². The standard InChI is InChI=1S/C14H16N8OS/c1-10-19-20-21-22(10)7-3-13(23)17-4-2-11-9-24-14(18-11)12-8-15-5-6-16-12/h5-6,8-9H,2-4,7H2,1H3,(H,17,23). The predicted molar refractivity (Wildman–Crippen MR) is 87.0 cm³/mol. The highest BCUT2D eigenvalue weighted by atomic mass is 32.1. The van der Waals surface area contributed by atoms with Crippen molar-refractivity contribution in [2.45, 2.75) is 26.3 Å². The van der Waals surface area contributed by atoms with Gasteiger partial charge in [0.05, 0.1) is 18.4 Å². The van der Waals surface area contributed by atoms with E-state index in [2.05, 4.69) is 35.8 Å². The molecule has 3 aromatic heterocycles. The van der Waals surface area contributed by atoms with Crippen molar-refractivity contribution in [3.63, 3.8) is 0 Å². The highest BCUT2D eigenvalue weighted by molar-refractivity contribution is 7.13. The highest BCUT2D eigenvalue weighted by Crippen LogP contribution is 2.20. The minimum Gasteiger partial charge on any atom is -0.356 e. The van der Waals surface area contributed by atoms with E-state index >= 15 is 0 Å². The monoisotopic (exact) mass is 344 g/mol. The van der Waals surface area contributed by atoms with Crippen molar-refractivity contribution in [2.24, 2.45) is 0 Å². The molecule has 0 unspecified atom stereocenters. The van der Waals surface area contributed by atoms with Crippen LogP contribution in [0, 0.1) is 6.92 Å². The summed E-state index contributed by atoms with van der Waals surface area (Å²) in [5.74, 6) is 0.663. The molecule has 0 saturated carbocycles. The van der Waals surface area contributed by atoms with Crippen molar-refractivity contribution in [3.05, 3.63) is 35.5 Å². The quantitative estimate of drug-likeness (QED) is 0.669. The Kier molecular flexibility index (Phi) is 5.16. The zero-order chi connectivity index (χ0) is 16.8. The fraction of sp³-hybridized carbons (Fsp3) is 0.357. The number of nitrogens with one attached hydrogen (secondary N) is 1. The molecule has 3 rings (SSSR count). The lowest BCUT2D eigenvalue weighted by atomic mass is 10.3. The summed E-state index contributed by atoms with van der Waals surface area (Å²) in [6.45, 7) is 2.81. The summed E-state index contributed by atoms with van der Waals surface area (Å²) < 4.78 is 1.60. The molecular weight excluding hydrogens is 328 g/mol. The van der Waals surface area contributed by atoms with Crippen molar-refractivity contribution >= 4 is 17.2 Å². The van der Waals surface area contributed by atoms with Gasteiger partial charge >= 0.3 is 0 Å². The van der Waals surface area contributed by atoms with Gasteiger partial charge in [0.25, 0.3) is 0 Å². The van der Waals surface area contributed by atoms with Crippen molar-refractivity contribution in [3.8, 4) is 10.7 Å². The summed E-state index contributed by atoms with van der Waals surface area (Å²) in [6.07, 6.45) is 5.97. The van der Waals surface area contributed by atoms with E-state index in [4.69, 9.17) is 0 Å². The Morgan fingerprint density at radius 3 is 3.04 bits per heavy atom. The summed E-state index contributed by atoms with van der Waals surface area (Å²) in [5, 5.41) is 16.8. The lowest BCUT2D eigenvalue weighted by Crippen LogP contribution is -2.27. The first-order chi connectivity index (χ1) is 11.7. The number of carbonyl (C=O) groups is 1. The Morgan fingerprint density at radius 2 is 2.29 bits per heavy atom. The molecule has 0 bridgehead atoms. The van der Waals surface area contributed by atoms with Crippen molar-refractivity contribution < 1.29 is 4.79 Å². The third kappa shape index (κ3) is 4.16. The molecule has 0 fully saturated rings. The van der Waals surface area contributed by atoms with E-state index in [1.54, 1.807) is 30.2 Å². The van der Waals surface area contributed by atoms with Crippen LogP contribution in [0.4, 0.5) is 0 Å². The number of hydrogen-bond donors (Lipinski definition) is 1. The van der Waals surface area contributed by atoms with Gasteiger partial charge in [-0.15, -0.1) is 16.4 Å². The molecule has 0 aromatic carbocycles. The van der Waals surface area contributed by atoms with Crippen LogP contribution < -0.4 is 5.32 Å². The third-order valence-corrected chi connectivity index (χ3v) is 4.21. The maximum atomic E-state index is 11.8. The number of aryl methyl sites for hydroxylation is 2. The minimum absolute atomic E-state index is 0.0331. The van der Waals surface area contributed by atoms with Gasteiger partial charge in [-0.05, 0) is 17.4 Å². The van der Waals surface area contributed by atoms with Crippen LogP contribution in [-0.2, 0) is 17.8 Å². The third-order valence-electron chi connectivity index (χ3n) is 3.30. The average molecular weight is 344 g/mol. The van der Waals surface area contributed by atoms with E-state index in [1.165, 1.54) is 11.3 Å². The van der Waals surface area contributed by atoms with Gasteiger partial charge in [0.2, 0.25) is 5.91 Å². The number of thiazole rings is 1. The lowest BCUT2D eigenvalue weighted by molar-refractivity contribution is -0.121. The van der Waals surface area contributed by atoms with Crippen LogP contribution in [0.2, 0.25) is 0 Å². The molecule has 0 aliphatic rings. The molecule has 0 spiro atoms. The maximum absolute atomic E-state index is 11.8. The fourth-order valence-electron chi connectivity index (χ4n) is 2.03. The first-order valence-electron chi connectivity index (χ1n) is 7.42. The molecule has 3 heterocycles. The Morgan fingerprint density at radius 1 is 1.38 bits per heavy atom. The highest BCUT2D eigenvalue weighted by Gasteiger charge is 2.08. The number of rotatable bonds is 7. The summed E-state index contributed by atoms with van der Waals surface area (Å²) in [7, 11) is 0. The Hall–Kier alpha value is -2.75. The van der Waals surface area contributed by atoms with Crippen LogP contribution in [0.5, 0.6) is 0 Å². The average Bonchev–Trinajstić information content (AvgIpc) is 3.23. The molecule has 3 aromatic rings. The van der Waals surface area contributed by atoms with Gasteiger partial charge in [0.15, 0.2) is 0 Å².